The van der Waals surface area contributed by atoms with Gasteiger partial charge in [0.25, 0.3) is 5.91 Å². The van der Waals surface area contributed by atoms with Gasteiger partial charge in [0.05, 0.1) is 22.7 Å². The van der Waals surface area contributed by atoms with E-state index in [4.69, 9.17) is 11.6 Å². The van der Waals surface area contributed by atoms with Gasteiger partial charge in [0.1, 0.15) is 5.82 Å². The van der Waals surface area contributed by atoms with Crippen molar-refractivity contribution in [3.63, 3.8) is 0 Å². The Morgan fingerprint density at radius 3 is 2.55 bits per heavy atom. The van der Waals surface area contributed by atoms with E-state index in [0.717, 1.165) is 22.4 Å². The smallest absolute Gasteiger partial charge is 0.257 e. The summed E-state index contributed by atoms with van der Waals surface area (Å²) in [5.74, 6) is -0.740. The number of benzene rings is 2. The summed E-state index contributed by atoms with van der Waals surface area (Å²) in [5, 5.41) is 3.31. The van der Waals surface area contributed by atoms with Crippen LogP contribution in [0, 0.1) is 12.7 Å². The molecule has 1 aromatic heterocycles. The van der Waals surface area contributed by atoms with Gasteiger partial charge >= 0.3 is 0 Å². The molecule has 3 rings (SSSR count). The molecule has 2 aromatic carbocycles. The van der Waals surface area contributed by atoms with Crippen molar-refractivity contribution in [2.45, 2.75) is 13.3 Å². The second kappa shape index (κ2) is 8.48. The minimum atomic E-state index is -3.54. The predicted octanol–water partition coefficient (Wildman–Crippen LogP) is 4.46. The maximum absolute atomic E-state index is 13.1. The normalized spacial score (nSPS) is 11.3. The zero-order chi connectivity index (χ0) is 21.2. The number of carbonyl (C=O) groups excluding carboxylic acids is 1. The molecule has 0 unspecified atom stereocenters. The first-order valence-corrected chi connectivity index (χ1v) is 11.5. The number of sulfonamides is 1. The molecule has 152 valence electrons. The molecule has 6 nitrogen and oxygen atoms in total. The third-order valence-electron chi connectivity index (χ3n) is 3.91. The van der Waals surface area contributed by atoms with E-state index in [1.165, 1.54) is 41.7 Å². The fraction of sp³-hybridized carbons (Fsp3) is 0.158. The number of nitrogens with one attached hydrogen (secondary N) is 2. The summed E-state index contributed by atoms with van der Waals surface area (Å²) in [5.41, 5.74) is 2.05. The Morgan fingerprint density at radius 2 is 1.90 bits per heavy atom. The number of amides is 1. The topological polar surface area (TPSA) is 88.2 Å². The van der Waals surface area contributed by atoms with Gasteiger partial charge < -0.3 is 0 Å². The largest absolute Gasteiger partial charge is 0.298 e. The van der Waals surface area contributed by atoms with Gasteiger partial charge in [-0.25, -0.2) is 17.8 Å². The average molecular weight is 454 g/mol. The number of thiazole rings is 1. The van der Waals surface area contributed by atoms with Crippen LogP contribution in [-0.2, 0) is 16.4 Å². The number of rotatable bonds is 6. The monoisotopic (exact) mass is 453 g/mol. The fourth-order valence-corrected chi connectivity index (χ4v) is 4.33. The van der Waals surface area contributed by atoms with Crippen molar-refractivity contribution in [2.24, 2.45) is 0 Å². The Balaban J connectivity index is 1.76. The first-order chi connectivity index (χ1) is 13.6. The number of nitrogens with zero attached hydrogens (tertiary/aromatic N) is 1. The van der Waals surface area contributed by atoms with Crippen LogP contribution in [0.2, 0.25) is 5.02 Å². The third kappa shape index (κ3) is 5.75. The Hall–Kier alpha value is -2.49. The molecule has 0 spiro atoms. The van der Waals surface area contributed by atoms with Gasteiger partial charge in [-0.15, -0.1) is 11.3 Å². The second-order valence-corrected chi connectivity index (χ2v) is 9.59. The highest BCUT2D eigenvalue weighted by Crippen LogP contribution is 2.27. The maximum atomic E-state index is 13.1. The van der Waals surface area contributed by atoms with Crippen LogP contribution in [0.4, 0.5) is 15.2 Å². The Bertz CT molecular complexity index is 1160. The molecule has 0 atom stereocenters. The van der Waals surface area contributed by atoms with Gasteiger partial charge in [0.2, 0.25) is 10.0 Å². The van der Waals surface area contributed by atoms with Gasteiger partial charge in [0.15, 0.2) is 5.13 Å². The van der Waals surface area contributed by atoms with Crippen molar-refractivity contribution in [1.82, 2.24) is 4.98 Å². The standard InChI is InChI=1S/C19H17ClFN3O3S2/c1-11-17(9-12-3-6-14(21)7-4-12)28-19(22-11)23-18(25)13-5-8-15(20)16(10-13)24-29(2,26)27/h3-8,10,24H,9H2,1-2H3,(H,22,23,25). The number of aromatic nitrogens is 1. The van der Waals surface area contributed by atoms with Crippen LogP contribution < -0.4 is 10.0 Å². The summed E-state index contributed by atoms with van der Waals surface area (Å²) >= 11 is 7.31. The zero-order valence-corrected chi connectivity index (χ0v) is 17.9. The molecule has 0 bridgehead atoms. The van der Waals surface area contributed by atoms with Crippen LogP contribution >= 0.6 is 22.9 Å². The van der Waals surface area contributed by atoms with Gasteiger partial charge in [-0.1, -0.05) is 23.7 Å². The van der Waals surface area contributed by atoms with Crippen LogP contribution in [0.3, 0.4) is 0 Å². The molecule has 0 fully saturated rings. The van der Waals surface area contributed by atoms with E-state index in [1.54, 1.807) is 12.1 Å². The lowest BCUT2D eigenvalue weighted by molar-refractivity contribution is 0.102. The molecule has 2 N–H and O–H groups in total. The van der Waals surface area contributed by atoms with E-state index in [9.17, 15) is 17.6 Å². The lowest BCUT2D eigenvalue weighted by atomic mass is 10.1. The molecule has 3 aromatic rings. The SMILES string of the molecule is Cc1nc(NC(=O)c2ccc(Cl)c(NS(C)(=O)=O)c2)sc1Cc1ccc(F)cc1. The van der Waals surface area contributed by atoms with Crippen molar-refractivity contribution in [3.05, 3.63) is 75.0 Å². The summed E-state index contributed by atoms with van der Waals surface area (Å²) in [6.07, 6.45) is 1.57. The van der Waals surface area contributed by atoms with E-state index in [2.05, 4.69) is 15.0 Å². The molecular formula is C19H17ClFN3O3S2. The number of carbonyl (C=O) groups is 1. The molecule has 0 aliphatic rings. The molecule has 0 aliphatic heterocycles. The lowest BCUT2D eigenvalue weighted by Crippen LogP contribution is -2.14. The van der Waals surface area contributed by atoms with Crippen LogP contribution in [0.15, 0.2) is 42.5 Å². The quantitative estimate of drug-likeness (QED) is 0.576. The summed E-state index contributed by atoms with van der Waals surface area (Å²) in [4.78, 5) is 17.9. The molecule has 1 amide bonds. The number of halogens is 2. The lowest BCUT2D eigenvalue weighted by Gasteiger charge is -2.08. The highest BCUT2D eigenvalue weighted by Gasteiger charge is 2.15. The highest BCUT2D eigenvalue weighted by molar-refractivity contribution is 7.92. The maximum Gasteiger partial charge on any atom is 0.257 e. The number of aryl methyl sites for hydroxylation is 1. The molecular weight excluding hydrogens is 437 g/mol. The van der Waals surface area contributed by atoms with E-state index < -0.39 is 15.9 Å². The van der Waals surface area contributed by atoms with Crippen molar-refractivity contribution < 1.29 is 17.6 Å². The second-order valence-electron chi connectivity index (χ2n) is 6.35. The van der Waals surface area contributed by atoms with Gasteiger partial charge in [-0.05, 0) is 42.8 Å². The first kappa shape index (κ1) is 21.2. The van der Waals surface area contributed by atoms with E-state index >= 15 is 0 Å². The fourth-order valence-electron chi connectivity index (χ4n) is 2.55. The van der Waals surface area contributed by atoms with Gasteiger partial charge in [-0.2, -0.15) is 0 Å². The molecule has 1 heterocycles. The van der Waals surface area contributed by atoms with Crippen LogP contribution in [0.5, 0.6) is 0 Å². The molecule has 0 saturated heterocycles. The van der Waals surface area contributed by atoms with Gasteiger partial charge in [0, 0.05) is 16.9 Å². The molecule has 10 heteroatoms. The van der Waals surface area contributed by atoms with Crippen molar-refractivity contribution in [1.29, 1.82) is 0 Å². The summed E-state index contributed by atoms with van der Waals surface area (Å²) in [6, 6.07) is 10.5. The van der Waals surface area contributed by atoms with Crippen LogP contribution in [-0.4, -0.2) is 25.6 Å². The van der Waals surface area contributed by atoms with E-state index in [0.29, 0.717) is 11.6 Å². The molecule has 0 saturated carbocycles. The van der Waals surface area contributed by atoms with Crippen LogP contribution in [0.25, 0.3) is 0 Å². The number of anilines is 2. The van der Waals surface area contributed by atoms with Crippen molar-refractivity contribution >= 4 is 49.7 Å². The predicted molar refractivity (Wildman–Crippen MR) is 114 cm³/mol. The minimum absolute atomic E-state index is 0.120. The molecule has 0 radical (unpaired) electrons. The summed E-state index contributed by atoms with van der Waals surface area (Å²) < 4.78 is 38.2. The zero-order valence-electron chi connectivity index (χ0n) is 15.5. The summed E-state index contributed by atoms with van der Waals surface area (Å²) in [6.45, 7) is 1.83. The Morgan fingerprint density at radius 1 is 1.21 bits per heavy atom. The third-order valence-corrected chi connectivity index (χ3v) is 5.91. The van der Waals surface area contributed by atoms with Crippen molar-refractivity contribution in [3.8, 4) is 0 Å². The molecule has 29 heavy (non-hydrogen) atoms. The van der Waals surface area contributed by atoms with E-state index in [-0.39, 0.29) is 22.1 Å². The first-order valence-electron chi connectivity index (χ1n) is 8.40. The molecule has 0 aliphatic carbocycles. The Kier molecular flexibility index (Phi) is 6.21. The minimum Gasteiger partial charge on any atom is -0.298 e. The van der Waals surface area contributed by atoms with E-state index in [1.807, 2.05) is 6.92 Å². The number of hydrogen-bond acceptors (Lipinski definition) is 5. The Labute approximate surface area is 176 Å². The van der Waals surface area contributed by atoms with Crippen molar-refractivity contribution in [2.75, 3.05) is 16.3 Å². The van der Waals surface area contributed by atoms with Gasteiger partial charge in [-0.3, -0.25) is 14.8 Å². The highest BCUT2D eigenvalue weighted by atomic mass is 35.5. The summed E-state index contributed by atoms with van der Waals surface area (Å²) in [7, 11) is -3.54. The average Bonchev–Trinajstić information content (AvgIpc) is 2.96. The van der Waals surface area contributed by atoms with Crippen LogP contribution in [0.1, 0.15) is 26.5 Å². The number of hydrogen-bond donors (Lipinski definition) is 2.